The van der Waals surface area contributed by atoms with Crippen LogP contribution in [-0.2, 0) is 0 Å². The molecule has 0 aliphatic carbocycles. The Balaban J connectivity index is 1.29. The van der Waals surface area contributed by atoms with Gasteiger partial charge >= 0.3 is 0 Å². The SMILES string of the molecule is c1ccc2c(c1)ccc1cc(-c3c4ccccc4c(-c4ccc5c(ccc6ccccc65)c4)c4c3ccc3c5ccccc5ccc34)ccc12. The van der Waals surface area contributed by atoms with E-state index in [9.17, 15) is 0 Å². The molecule has 0 saturated carbocycles. The Hall–Kier alpha value is -6.50. The van der Waals surface area contributed by atoms with Crippen molar-refractivity contribution in [2.45, 2.75) is 0 Å². The summed E-state index contributed by atoms with van der Waals surface area (Å²) in [4.78, 5) is 0. The van der Waals surface area contributed by atoms with Crippen LogP contribution in [0.3, 0.4) is 0 Å². The maximum absolute atomic E-state index is 2.41. The Labute approximate surface area is 289 Å². The van der Waals surface area contributed by atoms with E-state index in [1.54, 1.807) is 0 Å². The van der Waals surface area contributed by atoms with E-state index in [0.29, 0.717) is 0 Å². The van der Waals surface area contributed by atoms with Crippen molar-refractivity contribution in [1.82, 2.24) is 0 Å². The van der Waals surface area contributed by atoms with Crippen molar-refractivity contribution < 1.29 is 0 Å². The molecule has 0 atom stereocenters. The van der Waals surface area contributed by atoms with Crippen LogP contribution in [-0.4, -0.2) is 0 Å². The monoisotopic (exact) mass is 630 g/mol. The zero-order chi connectivity index (χ0) is 32.8. The van der Waals surface area contributed by atoms with E-state index in [1.165, 1.54) is 108 Å². The van der Waals surface area contributed by atoms with Crippen LogP contribution in [0.4, 0.5) is 0 Å². The number of benzene rings is 11. The average molecular weight is 631 g/mol. The summed E-state index contributed by atoms with van der Waals surface area (Å²) in [6.45, 7) is 0. The molecule has 0 spiro atoms. The lowest BCUT2D eigenvalue weighted by Gasteiger charge is -2.20. The first-order valence-electron chi connectivity index (χ1n) is 17.4. The maximum atomic E-state index is 2.41. The van der Waals surface area contributed by atoms with Gasteiger partial charge < -0.3 is 0 Å². The summed E-state index contributed by atoms with van der Waals surface area (Å²) in [5.41, 5.74) is 5.06. The number of rotatable bonds is 2. The van der Waals surface area contributed by atoms with Gasteiger partial charge in [-0.05, 0) is 121 Å². The Morgan fingerprint density at radius 3 is 1.14 bits per heavy atom. The predicted octanol–water partition coefficient (Wildman–Crippen LogP) is 14.2. The highest BCUT2D eigenvalue weighted by Gasteiger charge is 2.20. The Morgan fingerprint density at radius 2 is 0.560 bits per heavy atom. The van der Waals surface area contributed by atoms with Gasteiger partial charge in [-0.2, -0.15) is 0 Å². The van der Waals surface area contributed by atoms with Crippen LogP contribution in [0.25, 0.3) is 108 Å². The van der Waals surface area contributed by atoms with Gasteiger partial charge in [-0.15, -0.1) is 0 Å². The molecule has 0 aliphatic heterocycles. The lowest BCUT2D eigenvalue weighted by molar-refractivity contribution is 1.70. The van der Waals surface area contributed by atoms with Crippen LogP contribution < -0.4 is 0 Å². The van der Waals surface area contributed by atoms with E-state index in [2.05, 4.69) is 182 Å². The van der Waals surface area contributed by atoms with Gasteiger partial charge in [0, 0.05) is 0 Å². The van der Waals surface area contributed by atoms with E-state index >= 15 is 0 Å². The molecule has 11 rings (SSSR count). The molecule has 230 valence electrons. The third kappa shape index (κ3) is 3.94. The second-order valence-electron chi connectivity index (χ2n) is 13.6. The Bertz CT molecular complexity index is 3200. The van der Waals surface area contributed by atoms with E-state index in [0.717, 1.165) is 0 Å². The van der Waals surface area contributed by atoms with Crippen molar-refractivity contribution in [3.05, 3.63) is 182 Å². The largest absolute Gasteiger partial charge is 0.0616 e. The molecule has 0 N–H and O–H groups in total. The molecule has 0 radical (unpaired) electrons. The second-order valence-corrected chi connectivity index (χ2v) is 13.6. The fourth-order valence-corrected chi connectivity index (χ4v) is 8.71. The fraction of sp³-hybridized carbons (Fsp3) is 0. The second kappa shape index (κ2) is 10.5. The van der Waals surface area contributed by atoms with Crippen molar-refractivity contribution in [3.8, 4) is 22.3 Å². The summed E-state index contributed by atoms with van der Waals surface area (Å²) in [5.74, 6) is 0. The molecule has 50 heavy (non-hydrogen) atoms. The van der Waals surface area contributed by atoms with Crippen molar-refractivity contribution in [3.63, 3.8) is 0 Å². The molecular weight excluding hydrogens is 601 g/mol. The molecule has 0 heterocycles. The Morgan fingerprint density at radius 1 is 0.200 bits per heavy atom. The van der Waals surface area contributed by atoms with Crippen molar-refractivity contribution in [2.75, 3.05) is 0 Å². The third-order valence-corrected chi connectivity index (χ3v) is 11.0. The lowest BCUT2D eigenvalue weighted by Crippen LogP contribution is -1.93. The van der Waals surface area contributed by atoms with Gasteiger partial charge in [0.25, 0.3) is 0 Å². The molecule has 0 bridgehead atoms. The van der Waals surface area contributed by atoms with Crippen LogP contribution in [0.2, 0.25) is 0 Å². The summed E-state index contributed by atoms with van der Waals surface area (Å²) < 4.78 is 0. The van der Waals surface area contributed by atoms with Crippen LogP contribution in [0.1, 0.15) is 0 Å². The summed E-state index contributed by atoms with van der Waals surface area (Å²) in [6.07, 6.45) is 0. The predicted molar refractivity (Wildman–Crippen MR) is 217 cm³/mol. The Kier molecular flexibility index (Phi) is 5.76. The quantitative estimate of drug-likeness (QED) is 0.132. The fourth-order valence-electron chi connectivity index (χ4n) is 8.71. The highest BCUT2D eigenvalue weighted by Crippen LogP contribution is 2.48. The highest BCUT2D eigenvalue weighted by atomic mass is 14.2. The molecule has 0 heteroatoms. The summed E-state index contributed by atoms with van der Waals surface area (Å²) in [7, 11) is 0. The number of hydrogen-bond donors (Lipinski definition) is 0. The molecule has 11 aromatic rings. The smallest absolute Gasteiger partial charge is 0.00139 e. The van der Waals surface area contributed by atoms with Gasteiger partial charge in [-0.25, -0.2) is 0 Å². The van der Waals surface area contributed by atoms with E-state index < -0.39 is 0 Å². The lowest BCUT2D eigenvalue weighted by atomic mass is 9.82. The van der Waals surface area contributed by atoms with Gasteiger partial charge in [-0.3, -0.25) is 0 Å². The molecule has 0 unspecified atom stereocenters. The molecule has 0 aliphatic rings. The molecule has 11 aromatic carbocycles. The van der Waals surface area contributed by atoms with Crippen LogP contribution >= 0.6 is 0 Å². The number of fused-ring (bicyclic) bond motifs is 12. The van der Waals surface area contributed by atoms with Gasteiger partial charge in [0.15, 0.2) is 0 Å². The van der Waals surface area contributed by atoms with Crippen molar-refractivity contribution in [2.24, 2.45) is 0 Å². The summed E-state index contributed by atoms with van der Waals surface area (Å²) in [5, 5.41) is 20.5. The molecular formula is C50H30. The van der Waals surface area contributed by atoms with Gasteiger partial charge in [-0.1, -0.05) is 170 Å². The minimum absolute atomic E-state index is 1.24. The average Bonchev–Trinajstić information content (AvgIpc) is 3.19. The molecule has 0 amide bonds. The van der Waals surface area contributed by atoms with Crippen LogP contribution in [0, 0.1) is 0 Å². The van der Waals surface area contributed by atoms with Gasteiger partial charge in [0.1, 0.15) is 0 Å². The molecule has 0 nitrogen and oxygen atoms in total. The molecule has 0 fully saturated rings. The van der Waals surface area contributed by atoms with E-state index in [4.69, 9.17) is 0 Å². The zero-order valence-corrected chi connectivity index (χ0v) is 27.3. The third-order valence-electron chi connectivity index (χ3n) is 11.0. The van der Waals surface area contributed by atoms with Crippen LogP contribution in [0.5, 0.6) is 0 Å². The number of hydrogen-bond acceptors (Lipinski definition) is 0. The molecule has 0 aromatic heterocycles. The first-order valence-corrected chi connectivity index (χ1v) is 17.4. The normalized spacial score (nSPS) is 12.0. The highest BCUT2D eigenvalue weighted by molar-refractivity contribution is 6.30. The summed E-state index contributed by atoms with van der Waals surface area (Å²) in [6, 6.07) is 67.8. The van der Waals surface area contributed by atoms with E-state index in [-0.39, 0.29) is 0 Å². The van der Waals surface area contributed by atoms with Gasteiger partial charge in [0.05, 0.1) is 0 Å². The van der Waals surface area contributed by atoms with Crippen molar-refractivity contribution >= 4 is 86.2 Å². The van der Waals surface area contributed by atoms with Crippen LogP contribution in [0.15, 0.2) is 182 Å². The van der Waals surface area contributed by atoms with Crippen molar-refractivity contribution in [1.29, 1.82) is 0 Å². The minimum Gasteiger partial charge on any atom is -0.0616 e. The summed E-state index contributed by atoms with van der Waals surface area (Å²) >= 11 is 0. The minimum atomic E-state index is 1.24. The topological polar surface area (TPSA) is 0 Å². The van der Waals surface area contributed by atoms with E-state index in [1.807, 2.05) is 0 Å². The first kappa shape index (κ1) is 27.5. The molecule has 0 saturated heterocycles. The standard InChI is InChI=1S/C50H30/c1-4-12-38-31(9-1)17-19-34-29-36(22-24-41(34)38)48-44-15-7-8-16-45(44)49(37-23-25-42-35(30-37)20-18-32-10-2-5-13-39(32)42)50-46-26-21-33-11-3-6-14-40(33)43(46)27-28-47(48)50/h1-30H. The maximum Gasteiger partial charge on any atom is -0.00139 e. The van der Waals surface area contributed by atoms with Gasteiger partial charge in [0.2, 0.25) is 0 Å². The zero-order valence-electron chi connectivity index (χ0n) is 27.3. The first-order chi connectivity index (χ1) is 24.8.